The highest BCUT2D eigenvalue weighted by Gasteiger charge is 2.13. The number of carbonyl (C=O) groups excluding carboxylic acids is 1. The number of pyridine rings is 1. The number of hydrogen-bond donors (Lipinski definition) is 1. The Balaban J connectivity index is 1.58. The van der Waals surface area contributed by atoms with Crippen molar-refractivity contribution in [1.82, 2.24) is 14.3 Å². The Morgan fingerprint density at radius 2 is 1.72 bits per heavy atom. The van der Waals surface area contributed by atoms with Gasteiger partial charge in [-0.05, 0) is 37.1 Å². The van der Waals surface area contributed by atoms with E-state index in [1.54, 1.807) is 41.1 Å². The molecule has 0 aliphatic heterocycles. The summed E-state index contributed by atoms with van der Waals surface area (Å²) in [4.78, 5) is 42.5. The third kappa shape index (κ3) is 4.13. The Morgan fingerprint density at radius 3 is 2.52 bits per heavy atom. The number of aromatic nitrogens is 3. The van der Waals surface area contributed by atoms with E-state index < -0.39 is 0 Å². The van der Waals surface area contributed by atoms with Gasteiger partial charge in [0, 0.05) is 12.6 Å². The van der Waals surface area contributed by atoms with Crippen LogP contribution in [0.15, 0.2) is 63.2 Å². The van der Waals surface area contributed by atoms with Gasteiger partial charge in [0.2, 0.25) is 5.91 Å². The fourth-order valence-corrected chi connectivity index (χ4v) is 3.88. The maximum absolute atomic E-state index is 12.8. The van der Waals surface area contributed by atoms with E-state index in [0.29, 0.717) is 16.3 Å². The first-order valence-electron chi connectivity index (χ1n) is 10.1. The Kier molecular flexibility index (Phi) is 5.55. The molecule has 0 bridgehead atoms. The van der Waals surface area contributed by atoms with E-state index in [1.165, 1.54) is 23.9 Å². The van der Waals surface area contributed by atoms with E-state index in [0.717, 1.165) is 12.8 Å². The maximum atomic E-state index is 12.8. The van der Waals surface area contributed by atoms with E-state index in [-0.39, 0.29) is 36.0 Å². The van der Waals surface area contributed by atoms with Crippen LogP contribution in [0.2, 0.25) is 0 Å². The minimum absolute atomic E-state index is 0.0794. The molecule has 2 heterocycles. The minimum Gasteiger partial charge on any atom is -0.274 e. The van der Waals surface area contributed by atoms with Crippen LogP contribution in [0.1, 0.15) is 43.3 Å². The number of nitrogens with one attached hydrogen (secondary N) is 1. The van der Waals surface area contributed by atoms with Crippen molar-refractivity contribution in [3.8, 4) is 0 Å². The molecule has 1 fully saturated rings. The second-order valence-corrected chi connectivity index (χ2v) is 7.44. The Morgan fingerprint density at radius 1 is 1.00 bits per heavy atom. The summed E-state index contributed by atoms with van der Waals surface area (Å²) < 4.78 is 2.75. The van der Waals surface area contributed by atoms with Crippen molar-refractivity contribution in [3.05, 3.63) is 74.9 Å². The SMILES string of the molecule is O=C(CCn1[nH]c(=O)c2ccccc2c1=O)n1ccccc1=NC1CCCCC1. The Hall–Kier alpha value is -3.22. The third-order valence-corrected chi connectivity index (χ3v) is 5.43. The summed E-state index contributed by atoms with van der Waals surface area (Å²) in [5.41, 5.74) is -0.00469. The van der Waals surface area contributed by atoms with Gasteiger partial charge >= 0.3 is 0 Å². The predicted molar refractivity (Wildman–Crippen MR) is 111 cm³/mol. The number of aromatic amines is 1. The van der Waals surface area contributed by atoms with Crippen LogP contribution in [-0.2, 0) is 6.54 Å². The molecule has 1 aromatic carbocycles. The molecular weight excluding hydrogens is 368 g/mol. The van der Waals surface area contributed by atoms with Crippen LogP contribution in [0, 0.1) is 0 Å². The summed E-state index contributed by atoms with van der Waals surface area (Å²) in [5, 5.41) is 3.27. The van der Waals surface area contributed by atoms with Crippen LogP contribution in [0.5, 0.6) is 0 Å². The topological polar surface area (TPSA) is 89.2 Å². The Bertz CT molecular complexity index is 1210. The average molecular weight is 392 g/mol. The smallest absolute Gasteiger partial charge is 0.273 e. The molecule has 7 heteroatoms. The van der Waals surface area contributed by atoms with Crippen LogP contribution < -0.4 is 16.6 Å². The summed E-state index contributed by atoms with van der Waals surface area (Å²) in [7, 11) is 0. The molecule has 2 aromatic heterocycles. The lowest BCUT2D eigenvalue weighted by Crippen LogP contribution is -2.33. The number of carbonyl (C=O) groups is 1. The van der Waals surface area contributed by atoms with Crippen LogP contribution in [0.25, 0.3) is 10.8 Å². The molecule has 1 aliphatic carbocycles. The molecule has 0 radical (unpaired) electrons. The highest BCUT2D eigenvalue weighted by molar-refractivity contribution is 5.80. The van der Waals surface area contributed by atoms with Gasteiger partial charge in [-0.2, -0.15) is 0 Å². The van der Waals surface area contributed by atoms with E-state index in [2.05, 4.69) is 5.10 Å². The summed E-state index contributed by atoms with van der Waals surface area (Å²) in [6, 6.07) is 12.4. The standard InChI is InChI=1S/C22H24N4O3/c27-20(25-14-7-6-12-19(25)23-16-8-2-1-3-9-16)13-15-26-22(29)18-11-5-4-10-17(18)21(28)24-26/h4-7,10-12,14,16H,1-3,8-9,13,15H2,(H,24,28). The largest absolute Gasteiger partial charge is 0.274 e. The fourth-order valence-electron chi connectivity index (χ4n) is 3.88. The van der Waals surface area contributed by atoms with Gasteiger partial charge in [-0.15, -0.1) is 0 Å². The van der Waals surface area contributed by atoms with Gasteiger partial charge in [0.1, 0.15) is 5.49 Å². The molecule has 29 heavy (non-hydrogen) atoms. The molecule has 1 saturated carbocycles. The van der Waals surface area contributed by atoms with Crippen LogP contribution in [0.3, 0.4) is 0 Å². The maximum Gasteiger partial charge on any atom is 0.273 e. The summed E-state index contributed by atoms with van der Waals surface area (Å²) in [6.45, 7) is 0.0997. The molecule has 0 unspecified atom stereocenters. The van der Waals surface area contributed by atoms with Gasteiger partial charge < -0.3 is 0 Å². The minimum atomic E-state index is -0.340. The number of H-pyrrole nitrogens is 1. The molecule has 0 atom stereocenters. The summed E-state index contributed by atoms with van der Waals surface area (Å²) in [6.07, 6.45) is 7.48. The van der Waals surface area contributed by atoms with Gasteiger partial charge in [0.15, 0.2) is 0 Å². The van der Waals surface area contributed by atoms with E-state index in [1.807, 2.05) is 12.1 Å². The second-order valence-electron chi connectivity index (χ2n) is 7.44. The molecule has 7 nitrogen and oxygen atoms in total. The van der Waals surface area contributed by atoms with Crippen molar-refractivity contribution in [1.29, 1.82) is 0 Å². The van der Waals surface area contributed by atoms with Crippen molar-refractivity contribution in [2.24, 2.45) is 4.99 Å². The van der Waals surface area contributed by atoms with E-state index >= 15 is 0 Å². The molecule has 150 valence electrons. The number of hydrogen-bond acceptors (Lipinski definition) is 4. The van der Waals surface area contributed by atoms with Gasteiger partial charge in [0.25, 0.3) is 11.1 Å². The van der Waals surface area contributed by atoms with Gasteiger partial charge in [-0.3, -0.25) is 29.0 Å². The highest BCUT2D eigenvalue weighted by Crippen LogP contribution is 2.19. The molecule has 3 aromatic rings. The zero-order valence-electron chi connectivity index (χ0n) is 16.2. The molecule has 0 saturated heterocycles. The van der Waals surface area contributed by atoms with Crippen molar-refractivity contribution >= 4 is 16.7 Å². The fraction of sp³-hybridized carbons (Fsp3) is 0.364. The first kappa shape index (κ1) is 19.1. The molecule has 0 spiro atoms. The predicted octanol–water partition coefficient (Wildman–Crippen LogP) is 2.46. The monoisotopic (exact) mass is 392 g/mol. The zero-order valence-corrected chi connectivity index (χ0v) is 16.2. The lowest BCUT2D eigenvalue weighted by atomic mass is 9.96. The van der Waals surface area contributed by atoms with Crippen molar-refractivity contribution in [3.63, 3.8) is 0 Å². The average Bonchev–Trinajstić information content (AvgIpc) is 2.76. The number of fused-ring (bicyclic) bond motifs is 1. The molecule has 1 N–H and O–H groups in total. The quantitative estimate of drug-likeness (QED) is 0.740. The molecule has 1 aliphatic rings. The number of benzene rings is 1. The van der Waals surface area contributed by atoms with Crippen molar-refractivity contribution in [2.45, 2.75) is 51.1 Å². The second kappa shape index (κ2) is 8.43. The summed E-state index contributed by atoms with van der Waals surface area (Å²) in [5.74, 6) is -0.166. The molecule has 0 amide bonds. The van der Waals surface area contributed by atoms with E-state index in [9.17, 15) is 14.4 Å². The first-order valence-corrected chi connectivity index (χ1v) is 10.1. The highest BCUT2D eigenvalue weighted by atomic mass is 16.2. The zero-order chi connectivity index (χ0) is 20.2. The summed E-state index contributed by atoms with van der Waals surface area (Å²) >= 11 is 0. The first-order chi connectivity index (χ1) is 14.1. The van der Waals surface area contributed by atoms with Crippen molar-refractivity contribution in [2.75, 3.05) is 0 Å². The van der Waals surface area contributed by atoms with Gasteiger partial charge in [0.05, 0.1) is 23.4 Å². The van der Waals surface area contributed by atoms with Crippen molar-refractivity contribution < 1.29 is 4.79 Å². The number of nitrogens with zero attached hydrogens (tertiary/aromatic N) is 3. The lowest BCUT2D eigenvalue weighted by molar-refractivity contribution is 0.0888. The van der Waals surface area contributed by atoms with Gasteiger partial charge in [-0.1, -0.05) is 37.5 Å². The van der Waals surface area contributed by atoms with Crippen LogP contribution in [-0.4, -0.2) is 26.3 Å². The van der Waals surface area contributed by atoms with E-state index in [4.69, 9.17) is 4.99 Å². The van der Waals surface area contributed by atoms with Crippen LogP contribution >= 0.6 is 0 Å². The lowest BCUT2D eigenvalue weighted by Gasteiger charge is -2.17. The third-order valence-electron chi connectivity index (χ3n) is 5.43. The van der Waals surface area contributed by atoms with Crippen LogP contribution in [0.4, 0.5) is 0 Å². The molecular formula is C22H24N4O3. The number of aryl methyl sites for hydroxylation is 1. The normalized spacial score (nSPS) is 15.7. The number of rotatable bonds is 4. The molecule has 4 rings (SSSR count). The Labute approximate surface area is 167 Å². The van der Waals surface area contributed by atoms with Gasteiger partial charge in [-0.25, -0.2) is 4.68 Å².